The molecule has 110 valence electrons. The average Bonchev–Trinajstić information content (AvgIpc) is 3.15. The van der Waals surface area contributed by atoms with Gasteiger partial charge in [-0.3, -0.25) is 10.1 Å². The zero-order chi connectivity index (χ0) is 14.8. The lowest BCUT2D eigenvalue weighted by molar-refractivity contribution is -0.384. The minimum atomic E-state index is -0.458. The van der Waals surface area contributed by atoms with Crippen LogP contribution in [-0.2, 0) is 4.74 Å². The summed E-state index contributed by atoms with van der Waals surface area (Å²) in [6.45, 7) is 1.06. The van der Waals surface area contributed by atoms with Crippen LogP contribution in [0.25, 0.3) is 11.4 Å². The van der Waals surface area contributed by atoms with Crippen molar-refractivity contribution in [3.63, 3.8) is 0 Å². The molecule has 1 aliphatic rings. The fourth-order valence-corrected chi connectivity index (χ4v) is 2.40. The maximum Gasteiger partial charge on any atom is 0.280 e. The van der Waals surface area contributed by atoms with Gasteiger partial charge < -0.3 is 14.6 Å². The van der Waals surface area contributed by atoms with Gasteiger partial charge in [-0.05, 0) is 13.1 Å². The van der Waals surface area contributed by atoms with E-state index in [-0.39, 0.29) is 23.5 Å². The summed E-state index contributed by atoms with van der Waals surface area (Å²) >= 11 is 0. The van der Waals surface area contributed by atoms with Gasteiger partial charge in [0.2, 0.25) is 11.7 Å². The summed E-state index contributed by atoms with van der Waals surface area (Å²) in [5.41, 5.74) is 0.301. The smallest absolute Gasteiger partial charge is 0.280 e. The number of nitro benzene ring substituents is 1. The van der Waals surface area contributed by atoms with Crippen LogP contribution in [0.3, 0.4) is 0 Å². The van der Waals surface area contributed by atoms with E-state index in [2.05, 4.69) is 15.5 Å². The molecule has 21 heavy (non-hydrogen) atoms. The molecule has 2 heterocycles. The Morgan fingerprint density at radius 1 is 1.38 bits per heavy atom. The summed E-state index contributed by atoms with van der Waals surface area (Å²) in [7, 11) is 1.84. The quantitative estimate of drug-likeness (QED) is 0.669. The molecule has 0 radical (unpaired) electrons. The SMILES string of the molecule is CNC1COCC1c1nc(-c2ccccc2[N+](=O)[O-])no1. The number of ether oxygens (including phenoxy) is 1. The minimum Gasteiger partial charge on any atom is -0.379 e. The van der Waals surface area contributed by atoms with E-state index >= 15 is 0 Å². The molecular weight excluding hydrogens is 276 g/mol. The highest BCUT2D eigenvalue weighted by molar-refractivity contribution is 5.67. The maximum atomic E-state index is 11.0. The van der Waals surface area contributed by atoms with Gasteiger partial charge in [0.25, 0.3) is 5.69 Å². The Morgan fingerprint density at radius 3 is 2.95 bits per heavy atom. The molecule has 1 aromatic carbocycles. The molecule has 2 atom stereocenters. The van der Waals surface area contributed by atoms with Crippen molar-refractivity contribution < 1.29 is 14.2 Å². The van der Waals surface area contributed by atoms with Crippen LogP contribution >= 0.6 is 0 Å². The van der Waals surface area contributed by atoms with Crippen LogP contribution in [0.15, 0.2) is 28.8 Å². The first kappa shape index (κ1) is 13.7. The number of hydrogen-bond donors (Lipinski definition) is 1. The number of hydrogen-bond acceptors (Lipinski definition) is 7. The van der Waals surface area contributed by atoms with E-state index < -0.39 is 4.92 Å². The van der Waals surface area contributed by atoms with Gasteiger partial charge in [0.05, 0.1) is 24.1 Å². The molecule has 8 nitrogen and oxygen atoms in total. The van der Waals surface area contributed by atoms with Crippen LogP contribution in [-0.4, -0.2) is 41.4 Å². The number of rotatable bonds is 4. The van der Waals surface area contributed by atoms with Crippen LogP contribution in [0.5, 0.6) is 0 Å². The highest BCUT2D eigenvalue weighted by Gasteiger charge is 2.33. The second-order valence-corrected chi connectivity index (χ2v) is 4.77. The first-order chi connectivity index (χ1) is 10.2. The molecule has 0 amide bonds. The van der Waals surface area contributed by atoms with E-state index in [1.165, 1.54) is 6.07 Å². The second-order valence-electron chi connectivity index (χ2n) is 4.77. The van der Waals surface area contributed by atoms with Gasteiger partial charge in [0, 0.05) is 12.1 Å². The fraction of sp³-hybridized carbons (Fsp3) is 0.385. The summed E-state index contributed by atoms with van der Waals surface area (Å²) in [5, 5.41) is 18.0. The van der Waals surface area contributed by atoms with Crippen molar-refractivity contribution in [3.8, 4) is 11.4 Å². The molecule has 1 fully saturated rings. The van der Waals surface area contributed by atoms with Crippen LogP contribution in [0.4, 0.5) is 5.69 Å². The van der Waals surface area contributed by atoms with Gasteiger partial charge in [-0.15, -0.1) is 0 Å². The Labute approximate surface area is 120 Å². The van der Waals surface area contributed by atoms with Crippen LogP contribution in [0.2, 0.25) is 0 Å². The number of nitro groups is 1. The van der Waals surface area contributed by atoms with Gasteiger partial charge in [-0.1, -0.05) is 17.3 Å². The number of aromatic nitrogens is 2. The molecular formula is C13H14N4O4. The number of nitrogens with one attached hydrogen (secondary N) is 1. The number of likely N-dealkylation sites (N-methyl/N-ethyl adjacent to an activating group) is 1. The van der Waals surface area contributed by atoms with Crippen molar-refractivity contribution in [1.82, 2.24) is 15.5 Å². The summed E-state index contributed by atoms with van der Waals surface area (Å²) < 4.78 is 10.7. The first-order valence-corrected chi connectivity index (χ1v) is 6.53. The topological polar surface area (TPSA) is 103 Å². The van der Waals surface area contributed by atoms with Crippen molar-refractivity contribution >= 4 is 5.69 Å². The molecule has 1 aliphatic heterocycles. The van der Waals surface area contributed by atoms with Crippen molar-refractivity contribution in [1.29, 1.82) is 0 Å². The fourth-order valence-electron chi connectivity index (χ4n) is 2.40. The molecule has 1 aromatic heterocycles. The predicted octanol–water partition coefficient (Wildman–Crippen LogP) is 1.35. The molecule has 1 N–H and O–H groups in total. The van der Waals surface area contributed by atoms with E-state index in [0.717, 1.165) is 0 Å². The largest absolute Gasteiger partial charge is 0.379 e. The van der Waals surface area contributed by atoms with Crippen molar-refractivity contribution in [3.05, 3.63) is 40.3 Å². The highest BCUT2D eigenvalue weighted by atomic mass is 16.6. The lowest BCUT2D eigenvalue weighted by Gasteiger charge is -2.11. The van der Waals surface area contributed by atoms with E-state index in [1.807, 2.05) is 7.05 Å². The summed E-state index contributed by atoms with van der Waals surface area (Å²) in [4.78, 5) is 14.9. The normalized spacial score (nSPS) is 21.6. The van der Waals surface area contributed by atoms with E-state index in [0.29, 0.717) is 24.7 Å². The Balaban J connectivity index is 1.94. The Bertz CT molecular complexity index is 657. The predicted molar refractivity (Wildman–Crippen MR) is 72.8 cm³/mol. The Hall–Kier alpha value is -2.32. The van der Waals surface area contributed by atoms with E-state index in [9.17, 15) is 10.1 Å². The third-order valence-corrected chi connectivity index (χ3v) is 3.55. The first-order valence-electron chi connectivity index (χ1n) is 6.53. The van der Waals surface area contributed by atoms with Crippen LogP contribution < -0.4 is 5.32 Å². The third-order valence-electron chi connectivity index (χ3n) is 3.55. The third kappa shape index (κ3) is 2.50. The molecule has 8 heteroatoms. The van der Waals surface area contributed by atoms with Gasteiger partial charge in [-0.2, -0.15) is 4.98 Å². The van der Waals surface area contributed by atoms with Gasteiger partial charge in [0.15, 0.2) is 0 Å². The zero-order valence-corrected chi connectivity index (χ0v) is 11.4. The summed E-state index contributed by atoms with van der Waals surface area (Å²) in [5.74, 6) is 0.609. The van der Waals surface area contributed by atoms with E-state index in [1.54, 1.807) is 18.2 Å². The molecule has 0 saturated carbocycles. The lowest BCUT2D eigenvalue weighted by Crippen LogP contribution is -2.31. The van der Waals surface area contributed by atoms with Gasteiger partial charge in [-0.25, -0.2) is 0 Å². The average molecular weight is 290 g/mol. The van der Waals surface area contributed by atoms with Crippen LogP contribution in [0.1, 0.15) is 11.8 Å². The van der Waals surface area contributed by atoms with Gasteiger partial charge >= 0.3 is 0 Å². The monoisotopic (exact) mass is 290 g/mol. The Kier molecular flexibility index (Phi) is 3.63. The van der Waals surface area contributed by atoms with Crippen molar-refractivity contribution in [2.75, 3.05) is 20.3 Å². The van der Waals surface area contributed by atoms with E-state index in [4.69, 9.17) is 9.26 Å². The summed E-state index contributed by atoms with van der Waals surface area (Å²) in [6.07, 6.45) is 0. The summed E-state index contributed by atoms with van der Waals surface area (Å²) in [6, 6.07) is 6.43. The van der Waals surface area contributed by atoms with Crippen molar-refractivity contribution in [2.45, 2.75) is 12.0 Å². The molecule has 0 bridgehead atoms. The maximum absolute atomic E-state index is 11.0. The second kappa shape index (κ2) is 5.58. The molecule has 0 spiro atoms. The molecule has 1 saturated heterocycles. The zero-order valence-electron chi connectivity index (χ0n) is 11.4. The molecule has 2 aromatic rings. The van der Waals surface area contributed by atoms with Gasteiger partial charge in [0.1, 0.15) is 5.56 Å². The number of para-hydroxylation sites is 1. The highest BCUT2D eigenvalue weighted by Crippen LogP contribution is 2.30. The molecule has 0 aliphatic carbocycles. The standard InChI is InChI=1S/C13H14N4O4/c1-14-10-7-20-6-9(10)13-15-12(16-21-13)8-4-2-3-5-11(8)17(18)19/h2-5,9-10,14H,6-7H2,1H3. The number of nitrogens with zero attached hydrogens (tertiary/aromatic N) is 3. The number of benzene rings is 1. The van der Waals surface area contributed by atoms with Crippen molar-refractivity contribution in [2.24, 2.45) is 0 Å². The Morgan fingerprint density at radius 2 is 2.19 bits per heavy atom. The molecule has 2 unspecified atom stereocenters. The van der Waals surface area contributed by atoms with Crippen LogP contribution in [0, 0.1) is 10.1 Å². The minimum absolute atomic E-state index is 0.0426. The molecule has 3 rings (SSSR count). The lowest BCUT2D eigenvalue weighted by atomic mass is 10.0.